The Morgan fingerprint density at radius 3 is 2.23 bits per heavy atom. The third kappa shape index (κ3) is 4.75. The van der Waals surface area contributed by atoms with E-state index in [-0.39, 0.29) is 18.2 Å². The zero-order valence-corrected chi connectivity index (χ0v) is 22.9. The summed E-state index contributed by atoms with van der Waals surface area (Å²) in [5, 5.41) is 0.625. The minimum Gasteiger partial charge on any atom is -0.465 e. The number of imide groups is 1. The van der Waals surface area contributed by atoms with Crippen LogP contribution in [-0.2, 0) is 25.5 Å². The number of hydrogen-bond acceptors (Lipinski definition) is 5. The molecule has 0 spiro atoms. The number of hydrogen-bond donors (Lipinski definition) is 0. The van der Waals surface area contributed by atoms with Crippen LogP contribution in [-0.4, -0.2) is 48.3 Å². The second kappa shape index (κ2) is 10.1. The lowest BCUT2D eigenvalue weighted by atomic mass is 9.49. The number of nitrogens with zero attached hydrogens (tertiary/aromatic N) is 2. The Labute approximate surface area is 233 Å². The average Bonchev–Trinajstić information content (AvgIpc) is 3.21. The lowest BCUT2D eigenvalue weighted by Gasteiger charge is -2.57. The molecule has 204 valence electrons. The molecule has 1 saturated heterocycles. The van der Waals surface area contributed by atoms with Crippen molar-refractivity contribution in [2.24, 2.45) is 23.2 Å². The maximum Gasteiger partial charge on any atom is 0.337 e. The van der Waals surface area contributed by atoms with Crippen LogP contribution < -0.4 is 4.90 Å². The van der Waals surface area contributed by atoms with Crippen molar-refractivity contribution >= 4 is 41.0 Å². The first kappa shape index (κ1) is 26.1. The molecule has 4 bridgehead atoms. The highest BCUT2D eigenvalue weighted by Gasteiger charge is 2.57. The van der Waals surface area contributed by atoms with E-state index in [1.165, 1.54) is 38.5 Å². The predicted molar refractivity (Wildman–Crippen MR) is 146 cm³/mol. The number of amides is 3. The van der Waals surface area contributed by atoms with Gasteiger partial charge in [0.05, 0.1) is 30.2 Å². The maximum absolute atomic E-state index is 14.5. The zero-order valence-electron chi connectivity index (χ0n) is 22.1. The lowest BCUT2D eigenvalue weighted by Crippen LogP contribution is -2.58. The van der Waals surface area contributed by atoms with Crippen LogP contribution in [0.1, 0.15) is 60.9 Å². The summed E-state index contributed by atoms with van der Waals surface area (Å²) < 4.78 is 4.75. The van der Waals surface area contributed by atoms with Crippen molar-refractivity contribution in [2.45, 2.75) is 57.4 Å². The quantitative estimate of drug-likeness (QED) is 0.357. The molecule has 0 aromatic heterocycles. The number of anilines is 1. The van der Waals surface area contributed by atoms with E-state index in [1.54, 1.807) is 17.0 Å². The van der Waals surface area contributed by atoms with Gasteiger partial charge in [0.2, 0.25) is 11.8 Å². The van der Waals surface area contributed by atoms with Crippen LogP contribution >= 0.6 is 11.6 Å². The normalized spacial score (nSPS) is 29.1. The van der Waals surface area contributed by atoms with Crippen LogP contribution in [0.5, 0.6) is 0 Å². The van der Waals surface area contributed by atoms with Gasteiger partial charge in [0.1, 0.15) is 6.04 Å². The van der Waals surface area contributed by atoms with Crippen LogP contribution in [0.25, 0.3) is 0 Å². The summed E-state index contributed by atoms with van der Waals surface area (Å²) in [6.07, 6.45) is 6.80. The molecule has 0 radical (unpaired) electrons. The second-order valence-electron chi connectivity index (χ2n) is 11.9. The SMILES string of the molecule is COC(=O)c1ccc(N2C(=O)CC(N(CCc3cccc(Cl)c3)C(=O)C34CC5CC(CC(C5)C3)C4)C2=O)cc1. The molecular formula is C31H33ClN2O5. The maximum atomic E-state index is 14.5. The van der Waals surface area contributed by atoms with E-state index in [4.69, 9.17) is 16.3 Å². The van der Waals surface area contributed by atoms with Gasteiger partial charge in [-0.05, 0) is 105 Å². The Bertz CT molecular complexity index is 1290. The molecule has 1 aliphatic heterocycles. The first-order valence-corrected chi connectivity index (χ1v) is 14.2. The summed E-state index contributed by atoms with van der Waals surface area (Å²) in [5.74, 6) is 0.559. The van der Waals surface area contributed by atoms with Crippen molar-refractivity contribution in [3.8, 4) is 0 Å². The number of esters is 1. The predicted octanol–water partition coefficient (Wildman–Crippen LogP) is 5.05. The van der Waals surface area contributed by atoms with Crippen LogP contribution in [0, 0.1) is 23.2 Å². The lowest BCUT2D eigenvalue weighted by molar-refractivity contribution is -0.161. The fraction of sp³-hybridized carbons (Fsp3) is 0.484. The molecule has 0 N–H and O–H groups in total. The summed E-state index contributed by atoms with van der Waals surface area (Å²) in [7, 11) is 1.30. The highest BCUT2D eigenvalue weighted by atomic mass is 35.5. The number of rotatable bonds is 7. The molecule has 5 fully saturated rings. The standard InChI is InChI=1S/C31H33ClN2O5/c1-39-29(37)23-5-7-25(8-6-23)34-27(35)15-26(28(34)36)33(10-9-19-3-2-4-24(32)14-19)30(38)31-16-20-11-21(17-31)13-22(12-20)18-31/h2-8,14,20-22,26H,9-13,15-18H2,1H3. The Morgan fingerprint density at radius 1 is 1.00 bits per heavy atom. The third-order valence-electron chi connectivity index (χ3n) is 9.33. The van der Waals surface area contributed by atoms with E-state index in [1.807, 2.05) is 24.3 Å². The van der Waals surface area contributed by atoms with Crippen LogP contribution in [0.3, 0.4) is 0 Å². The van der Waals surface area contributed by atoms with Gasteiger partial charge in [0, 0.05) is 11.6 Å². The van der Waals surface area contributed by atoms with Gasteiger partial charge in [-0.2, -0.15) is 0 Å². The highest BCUT2D eigenvalue weighted by molar-refractivity contribution is 6.30. The molecule has 4 saturated carbocycles. The Kier molecular flexibility index (Phi) is 6.74. The van der Waals surface area contributed by atoms with Gasteiger partial charge in [-0.15, -0.1) is 0 Å². The number of halogens is 1. The first-order chi connectivity index (χ1) is 18.8. The van der Waals surface area contributed by atoms with Crippen molar-refractivity contribution in [2.75, 3.05) is 18.6 Å². The fourth-order valence-electron chi connectivity index (χ4n) is 8.01. The number of carbonyl (C=O) groups is 4. The topological polar surface area (TPSA) is 84.0 Å². The minimum absolute atomic E-state index is 0.0395. The van der Waals surface area contributed by atoms with Crippen molar-refractivity contribution in [3.63, 3.8) is 0 Å². The summed E-state index contributed by atoms with van der Waals surface area (Å²) in [4.78, 5) is 56.3. The van der Waals surface area contributed by atoms with Crippen LogP contribution in [0.2, 0.25) is 5.02 Å². The van der Waals surface area contributed by atoms with Gasteiger partial charge in [0.25, 0.3) is 5.91 Å². The number of benzene rings is 2. The van der Waals surface area contributed by atoms with Crippen molar-refractivity contribution in [1.29, 1.82) is 0 Å². The number of methoxy groups -OCH3 is 1. The molecule has 1 heterocycles. The number of ether oxygens (including phenoxy) is 1. The highest BCUT2D eigenvalue weighted by Crippen LogP contribution is 2.60. The Hall–Kier alpha value is -3.19. The molecule has 2 aromatic carbocycles. The van der Waals surface area contributed by atoms with E-state index in [9.17, 15) is 19.2 Å². The molecule has 2 aromatic rings. The van der Waals surface area contributed by atoms with E-state index in [0.29, 0.717) is 47.0 Å². The van der Waals surface area contributed by atoms with Crippen molar-refractivity contribution < 1.29 is 23.9 Å². The summed E-state index contributed by atoms with van der Waals surface area (Å²) in [5.41, 5.74) is 1.27. The molecule has 8 heteroatoms. The molecule has 39 heavy (non-hydrogen) atoms. The van der Waals surface area contributed by atoms with E-state index in [0.717, 1.165) is 29.7 Å². The van der Waals surface area contributed by atoms with E-state index < -0.39 is 23.3 Å². The van der Waals surface area contributed by atoms with Gasteiger partial charge < -0.3 is 9.64 Å². The fourth-order valence-corrected chi connectivity index (χ4v) is 8.23. The molecule has 7 nitrogen and oxygen atoms in total. The molecule has 5 aliphatic rings. The average molecular weight is 549 g/mol. The molecule has 4 aliphatic carbocycles. The van der Waals surface area contributed by atoms with E-state index >= 15 is 0 Å². The van der Waals surface area contributed by atoms with Crippen LogP contribution in [0.15, 0.2) is 48.5 Å². The summed E-state index contributed by atoms with van der Waals surface area (Å²) in [6.45, 7) is 0.347. The Morgan fingerprint density at radius 2 is 1.64 bits per heavy atom. The Balaban J connectivity index is 1.29. The zero-order chi connectivity index (χ0) is 27.3. The second-order valence-corrected chi connectivity index (χ2v) is 12.3. The van der Waals surface area contributed by atoms with Gasteiger partial charge >= 0.3 is 5.97 Å². The molecule has 7 rings (SSSR count). The molecule has 1 atom stereocenters. The monoisotopic (exact) mass is 548 g/mol. The minimum atomic E-state index is -0.850. The first-order valence-electron chi connectivity index (χ1n) is 13.9. The van der Waals surface area contributed by atoms with Crippen LogP contribution in [0.4, 0.5) is 5.69 Å². The van der Waals surface area contributed by atoms with Gasteiger partial charge in [-0.3, -0.25) is 14.4 Å². The molecule has 1 unspecified atom stereocenters. The van der Waals surface area contributed by atoms with Crippen molar-refractivity contribution in [1.82, 2.24) is 4.90 Å². The molecular weight excluding hydrogens is 516 g/mol. The third-order valence-corrected chi connectivity index (χ3v) is 9.56. The van der Waals surface area contributed by atoms with Gasteiger partial charge in [-0.25, -0.2) is 9.69 Å². The summed E-state index contributed by atoms with van der Waals surface area (Å²) >= 11 is 6.21. The molecule has 3 amide bonds. The van der Waals surface area contributed by atoms with Gasteiger partial charge in [-0.1, -0.05) is 23.7 Å². The largest absolute Gasteiger partial charge is 0.465 e. The number of carbonyl (C=O) groups excluding carboxylic acids is 4. The van der Waals surface area contributed by atoms with E-state index in [2.05, 4.69) is 0 Å². The van der Waals surface area contributed by atoms with Gasteiger partial charge in [0.15, 0.2) is 0 Å². The van der Waals surface area contributed by atoms with Crippen molar-refractivity contribution in [3.05, 3.63) is 64.7 Å². The summed E-state index contributed by atoms with van der Waals surface area (Å²) in [6, 6.07) is 12.9. The smallest absolute Gasteiger partial charge is 0.337 e.